The van der Waals surface area contributed by atoms with Crippen LogP contribution in [0.25, 0.3) is 0 Å². The van der Waals surface area contributed by atoms with Crippen LogP contribution in [-0.4, -0.2) is 152 Å². The first kappa shape index (κ1) is 59.2. The SMILES string of the molecule is COCCOCCOCCOCCOCCOCCOCC(=O)NCCCC[C@H](NC(=O)OCc1ccccc1)C(=O)N[C@@H](C)C(=O)Nc1cc(C[C@H](C)CC(C)C(=O)OC(C)(C)C)ccc1O. The molecule has 0 aliphatic rings. The smallest absolute Gasteiger partial charge is 0.408 e. The molecule has 0 spiro atoms. The number of anilines is 1. The monoisotopic (exact) mass is 963 g/mol. The summed E-state index contributed by atoms with van der Waals surface area (Å²) in [7, 11) is 1.62. The molecule has 0 aromatic heterocycles. The van der Waals surface area contributed by atoms with E-state index in [9.17, 15) is 29.1 Å². The summed E-state index contributed by atoms with van der Waals surface area (Å²) in [5.41, 5.74) is 1.18. The molecular weight excluding hydrogens is 885 g/mol. The van der Waals surface area contributed by atoms with Gasteiger partial charge in [0.25, 0.3) is 0 Å². The minimum absolute atomic E-state index is 0.0139. The maximum absolute atomic E-state index is 13.5. The molecule has 0 aliphatic carbocycles. The van der Waals surface area contributed by atoms with Crippen LogP contribution in [0.4, 0.5) is 10.5 Å². The van der Waals surface area contributed by atoms with E-state index >= 15 is 0 Å². The standard InChI is InChI=1S/C49H78N4O15/c1-36(31-37(2)47(58)68-49(4,5)6)32-40-16-17-43(54)42(33-40)52-45(56)38(3)51-46(57)41(53-48(59)67-34-39-13-9-8-10-14-39)15-11-12-18-50-44(55)35-66-30-29-65-28-27-64-26-25-63-24-23-62-22-21-61-20-19-60-7/h8-10,13-14,16-17,33,36-38,41,54H,11-12,15,18-32,34-35H2,1-7H3,(H,50,55)(H,51,57)(H,52,56)(H,53,59)/t36-,37?,38+,41+/m1/s1. The number of nitrogens with one attached hydrogen (secondary N) is 4. The molecule has 0 radical (unpaired) electrons. The van der Waals surface area contributed by atoms with Crippen LogP contribution in [0.5, 0.6) is 5.75 Å². The van der Waals surface area contributed by atoms with Gasteiger partial charge in [0.2, 0.25) is 17.7 Å². The topological polar surface area (TPSA) is 237 Å². The number of hydrogen-bond acceptors (Lipinski definition) is 15. The van der Waals surface area contributed by atoms with Crippen molar-refractivity contribution in [2.45, 2.75) is 97.9 Å². The van der Waals surface area contributed by atoms with Crippen LogP contribution in [0.1, 0.15) is 78.4 Å². The molecule has 5 N–H and O–H groups in total. The molecule has 0 fully saturated rings. The van der Waals surface area contributed by atoms with E-state index in [-0.39, 0.29) is 61.4 Å². The molecule has 19 nitrogen and oxygen atoms in total. The molecule has 2 aromatic rings. The molecule has 68 heavy (non-hydrogen) atoms. The molecule has 4 amide bonds. The number of esters is 1. The van der Waals surface area contributed by atoms with E-state index in [1.54, 1.807) is 31.4 Å². The number of unbranched alkanes of at least 4 members (excludes halogenated alkanes) is 1. The van der Waals surface area contributed by atoms with E-state index in [4.69, 9.17) is 42.6 Å². The number of amides is 4. The summed E-state index contributed by atoms with van der Waals surface area (Å²) in [5.74, 6) is -2.18. The number of alkyl carbamates (subject to hydrolysis) is 1. The zero-order valence-corrected chi connectivity index (χ0v) is 41.2. The number of benzene rings is 2. The zero-order chi connectivity index (χ0) is 50.0. The van der Waals surface area contributed by atoms with Crippen molar-refractivity contribution in [2.75, 3.05) is 105 Å². The Bertz CT molecular complexity index is 1730. The molecule has 1 unspecified atom stereocenters. The summed E-state index contributed by atoms with van der Waals surface area (Å²) in [6.45, 7) is 16.1. The lowest BCUT2D eigenvalue weighted by Crippen LogP contribution is -2.51. The lowest BCUT2D eigenvalue weighted by molar-refractivity contribution is -0.160. The molecule has 2 aromatic carbocycles. The van der Waals surface area contributed by atoms with Crippen LogP contribution in [0.3, 0.4) is 0 Å². The average molecular weight is 963 g/mol. The third-order valence-corrected chi connectivity index (χ3v) is 9.81. The maximum Gasteiger partial charge on any atom is 0.408 e. The number of carbonyl (C=O) groups is 5. The van der Waals surface area contributed by atoms with Crippen molar-refractivity contribution in [2.24, 2.45) is 11.8 Å². The summed E-state index contributed by atoms with van der Waals surface area (Å²) in [6, 6.07) is 11.8. The van der Waals surface area contributed by atoms with Gasteiger partial charge in [-0.3, -0.25) is 19.2 Å². The lowest BCUT2D eigenvalue weighted by Gasteiger charge is -2.24. The van der Waals surface area contributed by atoms with Gasteiger partial charge in [-0.2, -0.15) is 0 Å². The Morgan fingerprint density at radius 2 is 1.25 bits per heavy atom. The molecular formula is C49H78N4O15. The highest BCUT2D eigenvalue weighted by Crippen LogP contribution is 2.27. The van der Waals surface area contributed by atoms with E-state index < -0.39 is 35.6 Å². The molecule has 4 atom stereocenters. The van der Waals surface area contributed by atoms with Crippen molar-refractivity contribution in [3.8, 4) is 5.75 Å². The predicted molar refractivity (Wildman–Crippen MR) is 254 cm³/mol. The third-order valence-electron chi connectivity index (χ3n) is 9.81. The Morgan fingerprint density at radius 1 is 0.676 bits per heavy atom. The Morgan fingerprint density at radius 3 is 1.82 bits per heavy atom. The number of methoxy groups -OCH3 is 1. The van der Waals surface area contributed by atoms with Gasteiger partial charge in [-0.05, 0) is 89.0 Å². The largest absolute Gasteiger partial charge is 0.506 e. The van der Waals surface area contributed by atoms with Crippen molar-refractivity contribution in [1.82, 2.24) is 16.0 Å². The van der Waals surface area contributed by atoms with Gasteiger partial charge in [-0.1, -0.05) is 50.2 Å². The Balaban J connectivity index is 1.74. The molecule has 0 aliphatic heterocycles. The average Bonchev–Trinajstić information content (AvgIpc) is 3.29. The first-order valence-corrected chi connectivity index (χ1v) is 23.4. The van der Waals surface area contributed by atoms with Crippen molar-refractivity contribution >= 4 is 35.5 Å². The number of hydrogen-bond donors (Lipinski definition) is 5. The van der Waals surface area contributed by atoms with Crippen molar-refractivity contribution in [3.05, 3.63) is 59.7 Å². The molecule has 19 heteroatoms. The van der Waals surface area contributed by atoms with Crippen molar-refractivity contribution in [1.29, 1.82) is 0 Å². The van der Waals surface area contributed by atoms with Crippen LogP contribution < -0.4 is 21.3 Å². The third kappa shape index (κ3) is 29.1. The fourth-order valence-electron chi connectivity index (χ4n) is 6.35. The second kappa shape index (κ2) is 35.3. The number of rotatable bonds is 37. The summed E-state index contributed by atoms with van der Waals surface area (Å²) < 4.78 is 48.3. The number of phenolic OH excluding ortho intramolecular Hbond substituents is 1. The van der Waals surface area contributed by atoms with Gasteiger partial charge in [0.15, 0.2) is 0 Å². The zero-order valence-electron chi connectivity index (χ0n) is 41.2. The Hall–Kier alpha value is -4.89. The van der Waals surface area contributed by atoms with Crippen LogP contribution >= 0.6 is 0 Å². The van der Waals surface area contributed by atoms with Gasteiger partial charge in [0, 0.05) is 13.7 Å². The van der Waals surface area contributed by atoms with Crippen molar-refractivity contribution in [3.63, 3.8) is 0 Å². The molecule has 0 heterocycles. The normalized spacial score (nSPS) is 13.2. The number of phenols is 1. The van der Waals surface area contributed by atoms with Gasteiger partial charge in [-0.15, -0.1) is 0 Å². The highest BCUT2D eigenvalue weighted by atomic mass is 16.6. The van der Waals surface area contributed by atoms with Crippen LogP contribution in [0, 0.1) is 11.8 Å². The minimum Gasteiger partial charge on any atom is -0.506 e. The first-order valence-electron chi connectivity index (χ1n) is 23.4. The van der Waals surface area contributed by atoms with Gasteiger partial charge in [0.05, 0.1) is 90.9 Å². The number of carbonyl (C=O) groups excluding carboxylic acids is 5. The fourth-order valence-corrected chi connectivity index (χ4v) is 6.35. The van der Waals surface area contributed by atoms with Crippen LogP contribution in [-0.2, 0) is 74.8 Å². The predicted octanol–water partition coefficient (Wildman–Crippen LogP) is 4.71. The second-order valence-electron chi connectivity index (χ2n) is 17.3. The Labute approximate surface area is 402 Å². The first-order chi connectivity index (χ1) is 32.6. The number of ether oxygens (including phenoxy) is 9. The van der Waals surface area contributed by atoms with E-state index in [0.29, 0.717) is 105 Å². The molecule has 384 valence electrons. The van der Waals surface area contributed by atoms with E-state index in [1.807, 2.05) is 52.8 Å². The lowest BCUT2D eigenvalue weighted by atomic mass is 9.91. The highest BCUT2D eigenvalue weighted by molar-refractivity contribution is 5.99. The van der Waals surface area contributed by atoms with Gasteiger partial charge in [-0.25, -0.2) is 4.79 Å². The molecule has 0 saturated carbocycles. The quantitative estimate of drug-likeness (QED) is 0.0350. The molecule has 0 saturated heterocycles. The fraction of sp³-hybridized carbons (Fsp3) is 0.653. The van der Waals surface area contributed by atoms with E-state index in [2.05, 4.69) is 21.3 Å². The van der Waals surface area contributed by atoms with Gasteiger partial charge < -0.3 is 69.0 Å². The highest BCUT2D eigenvalue weighted by Gasteiger charge is 2.26. The minimum atomic E-state index is -1.07. The molecule has 0 bridgehead atoms. The summed E-state index contributed by atoms with van der Waals surface area (Å²) >= 11 is 0. The van der Waals surface area contributed by atoms with Crippen LogP contribution in [0.2, 0.25) is 0 Å². The van der Waals surface area contributed by atoms with Gasteiger partial charge in [0.1, 0.15) is 36.6 Å². The van der Waals surface area contributed by atoms with E-state index in [1.165, 1.54) is 13.0 Å². The van der Waals surface area contributed by atoms with E-state index in [0.717, 1.165) is 11.1 Å². The van der Waals surface area contributed by atoms with Crippen molar-refractivity contribution < 1.29 is 71.7 Å². The Kier molecular flexibility index (Phi) is 30.7. The maximum atomic E-state index is 13.5. The summed E-state index contributed by atoms with van der Waals surface area (Å²) in [6.07, 6.45) is 1.42. The molecule has 2 rings (SSSR count). The summed E-state index contributed by atoms with van der Waals surface area (Å²) in [4.78, 5) is 64.5. The van der Waals surface area contributed by atoms with Crippen LogP contribution in [0.15, 0.2) is 48.5 Å². The number of aromatic hydroxyl groups is 1. The second-order valence-corrected chi connectivity index (χ2v) is 17.3. The van der Waals surface area contributed by atoms with Gasteiger partial charge >= 0.3 is 12.1 Å². The summed E-state index contributed by atoms with van der Waals surface area (Å²) in [5, 5.41) is 21.3.